The van der Waals surface area contributed by atoms with E-state index in [1.165, 1.54) is 0 Å². The van der Waals surface area contributed by atoms with Crippen LogP contribution in [0, 0.1) is 5.41 Å². The minimum Gasteiger partial charge on any atom is -0.395 e. The van der Waals surface area contributed by atoms with E-state index in [2.05, 4.69) is 0 Å². The van der Waals surface area contributed by atoms with Gasteiger partial charge in [0, 0.05) is 12.3 Å². The Kier molecular flexibility index (Phi) is 2.90. The predicted octanol–water partition coefficient (Wildman–Crippen LogP) is 1.35. The van der Waals surface area contributed by atoms with Crippen LogP contribution in [-0.2, 0) is 4.79 Å². The summed E-state index contributed by atoms with van der Waals surface area (Å²) in [5.41, 5.74) is -0.470. The van der Waals surface area contributed by atoms with Gasteiger partial charge in [0.25, 0.3) is 0 Å². The largest absolute Gasteiger partial charge is 0.395 e. The van der Waals surface area contributed by atoms with Gasteiger partial charge >= 0.3 is 0 Å². The third-order valence-electron chi connectivity index (χ3n) is 2.53. The molecule has 1 fully saturated rings. The lowest BCUT2D eigenvalue weighted by molar-refractivity contribution is -0.127. The zero-order valence-corrected chi connectivity index (χ0v) is 7.23. The molecule has 0 aromatic carbocycles. The van der Waals surface area contributed by atoms with Gasteiger partial charge in [-0.15, -0.1) is 11.6 Å². The van der Waals surface area contributed by atoms with Crippen LogP contribution in [0.5, 0.6) is 0 Å². The van der Waals surface area contributed by atoms with Crippen LogP contribution in [-0.4, -0.2) is 23.4 Å². The zero-order valence-electron chi connectivity index (χ0n) is 6.48. The number of Topliss-reactive ketones (excluding diaryl/α,β-unsaturated/α-hetero) is 1. The molecule has 3 heteroatoms. The number of carbonyl (C=O) groups excluding carboxylic acids is 1. The molecule has 2 nitrogen and oxygen atoms in total. The van der Waals surface area contributed by atoms with Crippen molar-refractivity contribution in [3.05, 3.63) is 0 Å². The average molecular weight is 177 g/mol. The van der Waals surface area contributed by atoms with Crippen molar-refractivity contribution in [3.8, 4) is 0 Å². The zero-order chi connectivity index (χ0) is 8.32. The van der Waals surface area contributed by atoms with Gasteiger partial charge < -0.3 is 5.11 Å². The third kappa shape index (κ3) is 1.57. The van der Waals surface area contributed by atoms with Gasteiger partial charge in [-0.05, 0) is 19.3 Å². The fourth-order valence-corrected chi connectivity index (χ4v) is 2.05. The fraction of sp³-hybridized carbons (Fsp3) is 0.875. The number of halogens is 1. The van der Waals surface area contributed by atoms with Crippen LogP contribution in [0.25, 0.3) is 0 Å². The summed E-state index contributed by atoms with van der Waals surface area (Å²) in [7, 11) is 0. The first-order valence-electron chi connectivity index (χ1n) is 3.95. The molecule has 1 atom stereocenters. The van der Waals surface area contributed by atoms with Gasteiger partial charge in [-0.1, -0.05) is 0 Å². The number of aliphatic hydroxyl groups excluding tert-OH is 1. The van der Waals surface area contributed by atoms with Crippen LogP contribution < -0.4 is 0 Å². The van der Waals surface area contributed by atoms with E-state index in [9.17, 15) is 4.79 Å². The van der Waals surface area contributed by atoms with Crippen molar-refractivity contribution in [2.75, 3.05) is 12.5 Å². The maximum absolute atomic E-state index is 11.3. The van der Waals surface area contributed by atoms with E-state index in [4.69, 9.17) is 16.7 Å². The molecule has 0 radical (unpaired) electrons. The topological polar surface area (TPSA) is 37.3 Å². The Hall–Kier alpha value is -0.0800. The molecule has 64 valence electrons. The van der Waals surface area contributed by atoms with E-state index in [1.807, 2.05) is 0 Å². The molecule has 0 saturated heterocycles. The Morgan fingerprint density at radius 2 is 2.36 bits per heavy atom. The average Bonchev–Trinajstić information content (AvgIpc) is 2.35. The number of ketones is 1. The minimum atomic E-state index is -0.470. The molecule has 11 heavy (non-hydrogen) atoms. The Morgan fingerprint density at radius 1 is 1.64 bits per heavy atom. The highest BCUT2D eigenvalue weighted by Crippen LogP contribution is 2.37. The van der Waals surface area contributed by atoms with Crippen LogP contribution in [0.1, 0.15) is 25.7 Å². The summed E-state index contributed by atoms with van der Waals surface area (Å²) in [4.78, 5) is 11.3. The minimum absolute atomic E-state index is 0.0292. The molecule has 0 bridgehead atoms. The molecule has 1 rings (SSSR count). The predicted molar refractivity (Wildman–Crippen MR) is 43.7 cm³/mol. The van der Waals surface area contributed by atoms with Crippen molar-refractivity contribution in [3.63, 3.8) is 0 Å². The first kappa shape index (κ1) is 9.01. The van der Waals surface area contributed by atoms with Crippen molar-refractivity contribution in [2.45, 2.75) is 25.7 Å². The van der Waals surface area contributed by atoms with Gasteiger partial charge in [0.1, 0.15) is 5.78 Å². The fourth-order valence-electron chi connectivity index (χ4n) is 1.68. The van der Waals surface area contributed by atoms with Crippen LogP contribution in [0.15, 0.2) is 0 Å². The van der Waals surface area contributed by atoms with Crippen LogP contribution in [0.4, 0.5) is 0 Å². The quantitative estimate of drug-likeness (QED) is 0.660. The number of rotatable bonds is 3. The standard InChI is InChI=1S/C8H13ClO2/c9-5-4-8(6-10)3-1-2-7(8)11/h10H,1-6H2. The Bertz CT molecular complexity index is 158. The lowest BCUT2D eigenvalue weighted by Gasteiger charge is -2.22. The number of alkyl halides is 1. The van der Waals surface area contributed by atoms with Gasteiger partial charge in [0.05, 0.1) is 12.0 Å². The number of aliphatic hydroxyl groups is 1. The van der Waals surface area contributed by atoms with E-state index in [-0.39, 0.29) is 12.4 Å². The molecule has 0 amide bonds. The maximum Gasteiger partial charge on any atom is 0.141 e. The van der Waals surface area contributed by atoms with E-state index in [0.717, 1.165) is 12.8 Å². The summed E-state index contributed by atoms with van der Waals surface area (Å²) >= 11 is 5.55. The summed E-state index contributed by atoms with van der Waals surface area (Å²) in [5.74, 6) is 0.660. The number of carbonyl (C=O) groups is 1. The van der Waals surface area contributed by atoms with E-state index in [0.29, 0.717) is 18.7 Å². The monoisotopic (exact) mass is 176 g/mol. The van der Waals surface area contributed by atoms with Crippen molar-refractivity contribution in [2.24, 2.45) is 5.41 Å². The van der Waals surface area contributed by atoms with Crippen molar-refractivity contribution in [1.82, 2.24) is 0 Å². The Morgan fingerprint density at radius 3 is 2.73 bits per heavy atom. The summed E-state index contributed by atoms with van der Waals surface area (Å²) in [5, 5.41) is 9.04. The van der Waals surface area contributed by atoms with Gasteiger partial charge in [-0.25, -0.2) is 0 Å². The Balaban J connectivity index is 2.65. The summed E-state index contributed by atoms with van der Waals surface area (Å²) in [6, 6.07) is 0. The Labute approximate surface area is 71.5 Å². The first-order valence-corrected chi connectivity index (χ1v) is 4.49. The summed E-state index contributed by atoms with van der Waals surface area (Å²) < 4.78 is 0. The van der Waals surface area contributed by atoms with E-state index >= 15 is 0 Å². The van der Waals surface area contributed by atoms with Gasteiger partial charge in [-0.3, -0.25) is 4.79 Å². The molecule has 1 unspecified atom stereocenters. The van der Waals surface area contributed by atoms with Crippen molar-refractivity contribution < 1.29 is 9.90 Å². The van der Waals surface area contributed by atoms with Crippen LogP contribution in [0.2, 0.25) is 0 Å². The van der Waals surface area contributed by atoms with E-state index in [1.54, 1.807) is 0 Å². The molecule has 0 spiro atoms. The number of hydrogen-bond acceptors (Lipinski definition) is 2. The summed E-state index contributed by atoms with van der Waals surface area (Å²) in [6.45, 7) is -0.0292. The highest BCUT2D eigenvalue weighted by atomic mass is 35.5. The second-order valence-corrected chi connectivity index (χ2v) is 3.53. The lowest BCUT2D eigenvalue weighted by atomic mass is 9.83. The van der Waals surface area contributed by atoms with Gasteiger partial charge in [0.2, 0.25) is 0 Å². The maximum atomic E-state index is 11.3. The molecule has 0 aliphatic heterocycles. The second kappa shape index (κ2) is 3.55. The SMILES string of the molecule is O=C1CCCC1(CO)CCCl. The van der Waals surface area contributed by atoms with Crippen LogP contribution >= 0.6 is 11.6 Å². The molecule has 1 N–H and O–H groups in total. The molecule has 0 aromatic heterocycles. The van der Waals surface area contributed by atoms with Gasteiger partial charge in [-0.2, -0.15) is 0 Å². The first-order chi connectivity index (χ1) is 5.25. The molecular weight excluding hydrogens is 164 g/mol. The molecule has 1 aliphatic carbocycles. The molecule has 0 aromatic rings. The van der Waals surface area contributed by atoms with Crippen molar-refractivity contribution >= 4 is 17.4 Å². The highest BCUT2D eigenvalue weighted by Gasteiger charge is 2.40. The third-order valence-corrected chi connectivity index (χ3v) is 2.72. The smallest absolute Gasteiger partial charge is 0.141 e. The normalized spacial score (nSPS) is 31.3. The molecule has 1 aliphatic rings. The second-order valence-electron chi connectivity index (χ2n) is 3.15. The lowest BCUT2D eigenvalue weighted by Crippen LogP contribution is -2.30. The molecular formula is C8H13ClO2. The number of hydrogen-bond donors (Lipinski definition) is 1. The van der Waals surface area contributed by atoms with Gasteiger partial charge in [0.15, 0.2) is 0 Å². The molecule has 0 heterocycles. The molecule has 1 saturated carbocycles. The highest BCUT2D eigenvalue weighted by molar-refractivity contribution is 6.18. The van der Waals surface area contributed by atoms with Crippen LogP contribution in [0.3, 0.4) is 0 Å². The van der Waals surface area contributed by atoms with E-state index < -0.39 is 5.41 Å². The van der Waals surface area contributed by atoms with Crippen molar-refractivity contribution in [1.29, 1.82) is 0 Å². The summed E-state index contributed by atoms with van der Waals surface area (Å²) in [6.07, 6.45) is 2.98.